The monoisotopic (exact) mass is 290 g/mol. The molecule has 2 N–H and O–H groups in total. The second kappa shape index (κ2) is 6.52. The number of fused-ring (bicyclic) bond motifs is 1. The van der Waals surface area contributed by atoms with Crippen molar-refractivity contribution in [3.05, 3.63) is 35.2 Å². The van der Waals surface area contributed by atoms with Gasteiger partial charge in [-0.3, -0.25) is 9.59 Å². The van der Waals surface area contributed by atoms with Crippen LogP contribution in [-0.2, 0) is 4.79 Å². The van der Waals surface area contributed by atoms with Crippen LogP contribution in [0, 0.1) is 0 Å². The van der Waals surface area contributed by atoms with Crippen LogP contribution in [0.15, 0.2) is 30.3 Å². The lowest BCUT2D eigenvalue weighted by atomic mass is 10.2. The van der Waals surface area contributed by atoms with E-state index in [1.807, 2.05) is 37.3 Å². The second-order valence-electron chi connectivity index (χ2n) is 4.63. The minimum Gasteiger partial charge on any atom is -0.354 e. The lowest BCUT2D eigenvalue weighted by molar-refractivity contribution is -0.122. The maximum atomic E-state index is 12.1. The van der Waals surface area contributed by atoms with Crippen molar-refractivity contribution in [1.82, 2.24) is 10.6 Å². The number of carbonyl (C=O) groups excluding carboxylic acids is 2. The first-order valence-electron chi connectivity index (χ1n) is 6.69. The van der Waals surface area contributed by atoms with Gasteiger partial charge in [0.15, 0.2) is 0 Å². The molecule has 20 heavy (non-hydrogen) atoms. The number of hydrogen-bond donors (Lipinski definition) is 2. The summed E-state index contributed by atoms with van der Waals surface area (Å²) in [5.74, 6) is -0.355. The van der Waals surface area contributed by atoms with E-state index < -0.39 is 6.04 Å². The normalized spacial score (nSPS) is 12.1. The molecular formula is C15H18N2O2S. The Kier molecular flexibility index (Phi) is 4.74. The van der Waals surface area contributed by atoms with Crippen molar-refractivity contribution in [2.24, 2.45) is 0 Å². The summed E-state index contributed by atoms with van der Waals surface area (Å²) in [4.78, 5) is 24.5. The molecule has 0 radical (unpaired) electrons. The van der Waals surface area contributed by atoms with Gasteiger partial charge in [-0.25, -0.2) is 0 Å². The maximum absolute atomic E-state index is 12.1. The van der Waals surface area contributed by atoms with Gasteiger partial charge in [0.2, 0.25) is 5.91 Å². The summed E-state index contributed by atoms with van der Waals surface area (Å²) in [7, 11) is 0. The van der Waals surface area contributed by atoms with E-state index in [2.05, 4.69) is 10.6 Å². The predicted molar refractivity (Wildman–Crippen MR) is 82.1 cm³/mol. The molecule has 0 aliphatic carbocycles. The molecule has 0 bridgehead atoms. The van der Waals surface area contributed by atoms with Crippen molar-refractivity contribution in [2.45, 2.75) is 26.3 Å². The molecule has 4 nitrogen and oxygen atoms in total. The SMILES string of the molecule is CCCNC(=O)[C@@H](C)NC(=O)c1cc2ccccc2s1. The van der Waals surface area contributed by atoms with Crippen molar-refractivity contribution in [2.75, 3.05) is 6.54 Å². The van der Waals surface area contributed by atoms with Crippen LogP contribution in [0.4, 0.5) is 0 Å². The largest absolute Gasteiger partial charge is 0.354 e. The van der Waals surface area contributed by atoms with E-state index in [1.54, 1.807) is 6.92 Å². The molecule has 0 aliphatic rings. The molecule has 0 saturated heterocycles. The van der Waals surface area contributed by atoms with Gasteiger partial charge in [0, 0.05) is 11.2 Å². The molecule has 1 heterocycles. The number of nitrogens with one attached hydrogen (secondary N) is 2. The Morgan fingerprint density at radius 3 is 2.75 bits per heavy atom. The number of benzene rings is 1. The van der Waals surface area contributed by atoms with Crippen LogP contribution < -0.4 is 10.6 Å². The zero-order valence-corrected chi connectivity index (χ0v) is 12.4. The molecule has 2 rings (SSSR count). The van der Waals surface area contributed by atoms with Gasteiger partial charge in [-0.05, 0) is 30.9 Å². The standard InChI is InChI=1S/C15H18N2O2S/c1-3-8-16-14(18)10(2)17-15(19)13-9-11-6-4-5-7-12(11)20-13/h4-7,9-10H,3,8H2,1-2H3,(H,16,18)(H,17,19)/t10-/m1/s1. The minimum absolute atomic E-state index is 0.152. The lowest BCUT2D eigenvalue weighted by Gasteiger charge is -2.12. The molecule has 0 aliphatic heterocycles. The summed E-state index contributed by atoms with van der Waals surface area (Å²) >= 11 is 1.43. The molecule has 0 fully saturated rings. The van der Waals surface area contributed by atoms with Crippen molar-refractivity contribution in [3.8, 4) is 0 Å². The summed E-state index contributed by atoms with van der Waals surface area (Å²) in [5.41, 5.74) is 0. The van der Waals surface area contributed by atoms with Gasteiger partial charge in [0.1, 0.15) is 6.04 Å². The van der Waals surface area contributed by atoms with Crippen molar-refractivity contribution in [1.29, 1.82) is 0 Å². The molecule has 1 aromatic heterocycles. The van der Waals surface area contributed by atoms with Crippen LogP contribution in [0.2, 0.25) is 0 Å². The van der Waals surface area contributed by atoms with Crippen LogP contribution in [0.3, 0.4) is 0 Å². The molecule has 106 valence electrons. The Hall–Kier alpha value is -1.88. The first kappa shape index (κ1) is 14.5. The molecule has 5 heteroatoms. The predicted octanol–water partition coefficient (Wildman–Crippen LogP) is 2.55. The van der Waals surface area contributed by atoms with Crippen LogP contribution in [0.25, 0.3) is 10.1 Å². The summed E-state index contributed by atoms with van der Waals surface area (Å²) in [6, 6.07) is 9.17. The van der Waals surface area contributed by atoms with Crippen LogP contribution in [0.5, 0.6) is 0 Å². The molecule has 1 atom stereocenters. The van der Waals surface area contributed by atoms with E-state index in [4.69, 9.17) is 0 Å². The zero-order chi connectivity index (χ0) is 14.5. The molecular weight excluding hydrogens is 272 g/mol. The molecule has 0 spiro atoms. The smallest absolute Gasteiger partial charge is 0.262 e. The number of carbonyl (C=O) groups is 2. The molecule has 0 saturated carbocycles. The third kappa shape index (κ3) is 3.36. The Morgan fingerprint density at radius 1 is 1.30 bits per heavy atom. The van der Waals surface area contributed by atoms with Crippen molar-refractivity contribution < 1.29 is 9.59 Å². The average molecular weight is 290 g/mol. The van der Waals surface area contributed by atoms with E-state index in [0.29, 0.717) is 11.4 Å². The molecule has 1 aromatic carbocycles. The first-order chi connectivity index (χ1) is 9.61. The Labute approximate surface area is 122 Å². The topological polar surface area (TPSA) is 58.2 Å². The lowest BCUT2D eigenvalue weighted by Crippen LogP contribution is -2.44. The van der Waals surface area contributed by atoms with Crippen LogP contribution >= 0.6 is 11.3 Å². The Morgan fingerprint density at radius 2 is 2.05 bits per heavy atom. The summed E-state index contributed by atoms with van der Waals surface area (Å²) in [5, 5.41) is 6.54. The third-order valence-electron chi connectivity index (χ3n) is 2.94. The molecule has 2 amide bonds. The van der Waals surface area contributed by atoms with Gasteiger partial charge in [-0.15, -0.1) is 11.3 Å². The van der Waals surface area contributed by atoms with Gasteiger partial charge >= 0.3 is 0 Å². The third-order valence-corrected chi connectivity index (χ3v) is 4.05. The zero-order valence-electron chi connectivity index (χ0n) is 11.6. The van der Waals surface area contributed by atoms with E-state index in [1.165, 1.54) is 11.3 Å². The Bertz CT molecular complexity index is 588. The van der Waals surface area contributed by atoms with Crippen LogP contribution in [-0.4, -0.2) is 24.4 Å². The highest BCUT2D eigenvalue weighted by Gasteiger charge is 2.17. The van der Waals surface area contributed by atoms with Gasteiger partial charge in [-0.1, -0.05) is 25.1 Å². The quantitative estimate of drug-likeness (QED) is 0.889. The van der Waals surface area contributed by atoms with E-state index in [-0.39, 0.29) is 11.8 Å². The fourth-order valence-corrected chi connectivity index (χ4v) is 2.79. The summed E-state index contributed by atoms with van der Waals surface area (Å²) in [6.45, 7) is 4.30. The summed E-state index contributed by atoms with van der Waals surface area (Å²) in [6.07, 6.45) is 0.878. The van der Waals surface area contributed by atoms with Crippen molar-refractivity contribution >= 4 is 33.2 Å². The average Bonchev–Trinajstić information content (AvgIpc) is 2.88. The fraction of sp³-hybridized carbons (Fsp3) is 0.333. The van der Waals surface area contributed by atoms with Crippen molar-refractivity contribution in [3.63, 3.8) is 0 Å². The number of amides is 2. The molecule has 0 unspecified atom stereocenters. The first-order valence-corrected chi connectivity index (χ1v) is 7.50. The van der Waals surface area contributed by atoms with Gasteiger partial charge < -0.3 is 10.6 Å². The van der Waals surface area contributed by atoms with Gasteiger partial charge in [-0.2, -0.15) is 0 Å². The minimum atomic E-state index is -0.528. The number of hydrogen-bond acceptors (Lipinski definition) is 3. The van der Waals surface area contributed by atoms with Gasteiger partial charge in [0.25, 0.3) is 5.91 Å². The highest BCUT2D eigenvalue weighted by molar-refractivity contribution is 7.20. The van der Waals surface area contributed by atoms with E-state index in [9.17, 15) is 9.59 Å². The van der Waals surface area contributed by atoms with E-state index >= 15 is 0 Å². The maximum Gasteiger partial charge on any atom is 0.262 e. The number of thiophene rings is 1. The van der Waals surface area contributed by atoms with E-state index in [0.717, 1.165) is 16.5 Å². The fourth-order valence-electron chi connectivity index (χ4n) is 1.83. The highest BCUT2D eigenvalue weighted by Crippen LogP contribution is 2.25. The second-order valence-corrected chi connectivity index (χ2v) is 5.72. The van der Waals surface area contributed by atoms with Gasteiger partial charge in [0.05, 0.1) is 4.88 Å². The number of rotatable bonds is 5. The summed E-state index contributed by atoms with van der Waals surface area (Å²) < 4.78 is 1.07. The Balaban J connectivity index is 2.02. The highest BCUT2D eigenvalue weighted by atomic mass is 32.1. The van der Waals surface area contributed by atoms with Crippen LogP contribution in [0.1, 0.15) is 29.9 Å². The molecule has 2 aromatic rings.